The molecule has 0 aliphatic carbocycles. The number of para-hydroxylation sites is 1. The number of carbonyl (C=O) groups excluding carboxylic acids is 1. The van der Waals surface area contributed by atoms with Gasteiger partial charge in [-0.25, -0.2) is 0 Å². The summed E-state index contributed by atoms with van der Waals surface area (Å²) in [6.45, 7) is 6.32. The molecule has 1 amide bonds. The maximum atomic E-state index is 12.1. The highest BCUT2D eigenvalue weighted by Gasteiger charge is 2.09. The van der Waals surface area contributed by atoms with Gasteiger partial charge in [-0.1, -0.05) is 30.3 Å². The third-order valence-electron chi connectivity index (χ3n) is 3.96. The fraction of sp³-hybridized carbons (Fsp3) is 0.333. The van der Waals surface area contributed by atoms with E-state index in [4.69, 9.17) is 14.3 Å². The summed E-state index contributed by atoms with van der Waals surface area (Å²) in [4.78, 5) is 17.2. The average Bonchev–Trinajstić information content (AvgIpc) is 2.68. The third-order valence-corrected chi connectivity index (χ3v) is 3.96. The van der Waals surface area contributed by atoms with Crippen molar-refractivity contribution >= 4 is 17.8 Å². The number of ether oxygens (including phenoxy) is 2. The highest BCUT2D eigenvalue weighted by Crippen LogP contribution is 2.27. The number of aryl methyl sites for hydroxylation is 2. The second kappa shape index (κ2) is 10.2. The molecule has 0 saturated carbocycles. The number of nitrogens with zero attached hydrogens (tertiary/aromatic N) is 1. The quantitative estimate of drug-likeness (QED) is 0.536. The van der Waals surface area contributed by atoms with Crippen LogP contribution in [0.25, 0.3) is 0 Å². The second-order valence-electron chi connectivity index (χ2n) is 5.86. The molecule has 0 aliphatic rings. The lowest BCUT2D eigenvalue weighted by molar-refractivity contribution is -0.120. The zero-order valence-corrected chi connectivity index (χ0v) is 16.2. The van der Waals surface area contributed by atoms with E-state index in [1.165, 1.54) is 6.21 Å². The topological polar surface area (TPSA) is 69.2 Å². The lowest BCUT2D eigenvalue weighted by Crippen LogP contribution is -2.18. The Morgan fingerprint density at radius 3 is 2.70 bits per heavy atom. The van der Waals surface area contributed by atoms with Gasteiger partial charge in [0.1, 0.15) is 0 Å². The lowest BCUT2D eigenvalue weighted by atomic mass is 10.1. The van der Waals surface area contributed by atoms with E-state index in [0.717, 1.165) is 28.8 Å². The van der Waals surface area contributed by atoms with Crippen molar-refractivity contribution in [2.75, 3.05) is 25.6 Å². The number of methoxy groups -OCH3 is 1. The van der Waals surface area contributed by atoms with Crippen LogP contribution in [0, 0.1) is 6.92 Å². The van der Waals surface area contributed by atoms with E-state index in [0.29, 0.717) is 18.1 Å². The maximum absolute atomic E-state index is 12.1. The van der Waals surface area contributed by atoms with Gasteiger partial charge in [0.05, 0.1) is 19.9 Å². The molecule has 0 atom stereocenters. The van der Waals surface area contributed by atoms with Gasteiger partial charge in [-0.3, -0.25) is 4.79 Å². The minimum atomic E-state index is -0.250. The monoisotopic (exact) mass is 370 g/mol. The third kappa shape index (κ3) is 5.74. The van der Waals surface area contributed by atoms with Crippen molar-refractivity contribution in [2.45, 2.75) is 27.2 Å². The number of carbonyl (C=O) groups is 1. The van der Waals surface area contributed by atoms with Crippen molar-refractivity contribution in [3.63, 3.8) is 0 Å². The summed E-state index contributed by atoms with van der Waals surface area (Å²) in [6, 6.07) is 11.4. The van der Waals surface area contributed by atoms with E-state index in [2.05, 4.69) is 17.4 Å². The van der Waals surface area contributed by atoms with Gasteiger partial charge in [-0.15, -0.1) is 0 Å². The Hall–Kier alpha value is -3.02. The first-order chi connectivity index (χ1) is 13.1. The van der Waals surface area contributed by atoms with Crippen molar-refractivity contribution in [1.82, 2.24) is 0 Å². The molecule has 1 N–H and O–H groups in total. The summed E-state index contributed by atoms with van der Waals surface area (Å²) in [5.74, 6) is 1.04. The highest BCUT2D eigenvalue weighted by atomic mass is 16.6. The molecule has 0 bridgehead atoms. The minimum Gasteiger partial charge on any atom is -0.493 e. The van der Waals surface area contributed by atoms with Crippen LogP contribution in [0.3, 0.4) is 0 Å². The molecule has 0 fully saturated rings. The van der Waals surface area contributed by atoms with Crippen LogP contribution >= 0.6 is 0 Å². The van der Waals surface area contributed by atoms with Gasteiger partial charge in [0.25, 0.3) is 5.91 Å². The van der Waals surface area contributed by atoms with Crippen molar-refractivity contribution < 1.29 is 19.1 Å². The Bertz CT molecular complexity index is 803. The summed E-state index contributed by atoms with van der Waals surface area (Å²) in [6.07, 6.45) is 2.37. The number of hydrogen-bond acceptors (Lipinski definition) is 5. The zero-order chi connectivity index (χ0) is 19.6. The molecule has 6 heteroatoms. The molecular formula is C21H26N2O4. The van der Waals surface area contributed by atoms with E-state index in [1.54, 1.807) is 19.2 Å². The fourth-order valence-electron chi connectivity index (χ4n) is 2.61. The van der Waals surface area contributed by atoms with Crippen LogP contribution in [0.5, 0.6) is 11.5 Å². The van der Waals surface area contributed by atoms with Crippen LogP contribution in [-0.4, -0.2) is 32.4 Å². The standard InChI is InChI=1S/C21H26N2O4/c1-5-17-9-7-8-15(3)21(17)23-20(24)14-27-22-13-16-10-11-18(26-6-2)19(12-16)25-4/h7-13H,5-6,14H2,1-4H3,(H,23,24)/b22-13-. The Kier molecular flexibility index (Phi) is 7.67. The summed E-state index contributed by atoms with van der Waals surface area (Å²) < 4.78 is 10.8. The Labute approximate surface area is 160 Å². The number of amides is 1. The smallest absolute Gasteiger partial charge is 0.265 e. The predicted octanol–water partition coefficient (Wildman–Crippen LogP) is 3.95. The molecule has 0 aromatic heterocycles. The molecule has 2 aromatic carbocycles. The van der Waals surface area contributed by atoms with Crippen LogP contribution < -0.4 is 14.8 Å². The van der Waals surface area contributed by atoms with E-state index in [-0.39, 0.29) is 12.5 Å². The number of anilines is 1. The van der Waals surface area contributed by atoms with Crippen LogP contribution in [0.1, 0.15) is 30.5 Å². The molecular weight excluding hydrogens is 344 g/mol. The Morgan fingerprint density at radius 1 is 1.19 bits per heavy atom. The molecule has 0 heterocycles. The first kappa shape index (κ1) is 20.3. The number of oxime groups is 1. The molecule has 0 saturated heterocycles. The largest absolute Gasteiger partial charge is 0.493 e. The molecule has 27 heavy (non-hydrogen) atoms. The van der Waals surface area contributed by atoms with Crippen LogP contribution in [0.2, 0.25) is 0 Å². The van der Waals surface area contributed by atoms with Crippen molar-refractivity contribution in [3.8, 4) is 11.5 Å². The molecule has 0 radical (unpaired) electrons. The number of nitrogens with one attached hydrogen (secondary N) is 1. The number of hydrogen-bond donors (Lipinski definition) is 1. The van der Waals surface area contributed by atoms with Gasteiger partial charge in [-0.2, -0.15) is 0 Å². The van der Waals surface area contributed by atoms with E-state index in [1.807, 2.05) is 38.1 Å². The fourth-order valence-corrected chi connectivity index (χ4v) is 2.61. The average molecular weight is 370 g/mol. The lowest BCUT2D eigenvalue weighted by Gasteiger charge is -2.12. The normalized spacial score (nSPS) is 10.7. The Morgan fingerprint density at radius 2 is 2.00 bits per heavy atom. The van der Waals surface area contributed by atoms with Crippen LogP contribution in [-0.2, 0) is 16.1 Å². The summed E-state index contributed by atoms with van der Waals surface area (Å²) in [5.41, 5.74) is 3.73. The molecule has 0 aliphatic heterocycles. The number of benzene rings is 2. The second-order valence-corrected chi connectivity index (χ2v) is 5.86. The van der Waals surface area contributed by atoms with Gasteiger partial charge in [0, 0.05) is 11.3 Å². The van der Waals surface area contributed by atoms with E-state index >= 15 is 0 Å². The molecule has 144 valence electrons. The van der Waals surface area contributed by atoms with Gasteiger partial charge < -0.3 is 19.6 Å². The predicted molar refractivity (Wildman–Crippen MR) is 107 cm³/mol. The minimum absolute atomic E-state index is 0.165. The summed E-state index contributed by atoms with van der Waals surface area (Å²) in [5, 5.41) is 6.75. The number of rotatable bonds is 9. The molecule has 6 nitrogen and oxygen atoms in total. The van der Waals surface area contributed by atoms with Crippen LogP contribution in [0.4, 0.5) is 5.69 Å². The van der Waals surface area contributed by atoms with Crippen LogP contribution in [0.15, 0.2) is 41.6 Å². The van der Waals surface area contributed by atoms with Crippen molar-refractivity contribution in [3.05, 3.63) is 53.1 Å². The SMILES string of the molecule is CCOc1ccc(/C=N\OCC(=O)Nc2c(C)cccc2CC)cc1OC. The molecule has 0 unspecified atom stereocenters. The summed E-state index contributed by atoms with van der Waals surface area (Å²) in [7, 11) is 1.58. The van der Waals surface area contributed by atoms with Crippen molar-refractivity contribution in [1.29, 1.82) is 0 Å². The molecule has 2 aromatic rings. The Balaban J connectivity index is 1.91. The highest BCUT2D eigenvalue weighted by molar-refractivity contribution is 5.93. The van der Waals surface area contributed by atoms with Gasteiger partial charge in [0.15, 0.2) is 18.1 Å². The zero-order valence-electron chi connectivity index (χ0n) is 16.2. The van der Waals surface area contributed by atoms with Gasteiger partial charge in [0.2, 0.25) is 0 Å². The molecule has 2 rings (SSSR count). The van der Waals surface area contributed by atoms with E-state index in [9.17, 15) is 4.79 Å². The maximum Gasteiger partial charge on any atom is 0.265 e. The van der Waals surface area contributed by atoms with E-state index < -0.39 is 0 Å². The molecule has 0 spiro atoms. The van der Waals surface area contributed by atoms with Gasteiger partial charge >= 0.3 is 0 Å². The van der Waals surface area contributed by atoms with Gasteiger partial charge in [-0.05, 0) is 49.6 Å². The van der Waals surface area contributed by atoms with Crippen molar-refractivity contribution in [2.24, 2.45) is 5.16 Å². The first-order valence-corrected chi connectivity index (χ1v) is 8.93. The first-order valence-electron chi connectivity index (χ1n) is 8.93. The summed E-state index contributed by atoms with van der Waals surface area (Å²) >= 11 is 0.